The van der Waals surface area contributed by atoms with Crippen LogP contribution >= 0.6 is 11.6 Å². The smallest absolute Gasteiger partial charge is 0.147 e. The molecule has 0 spiro atoms. The Morgan fingerprint density at radius 1 is 1.47 bits per heavy atom. The Bertz CT molecular complexity index is 354. The molecule has 17 heavy (non-hydrogen) atoms. The fraction of sp³-hybridized carbons (Fsp3) is 0.667. The lowest BCUT2D eigenvalue weighted by Crippen LogP contribution is -2.44. The molecule has 1 aliphatic heterocycles. The van der Waals surface area contributed by atoms with E-state index in [1.54, 1.807) is 12.4 Å². The SMILES string of the molecule is CN1CCCC(N(C)Cc2cnc(Cl)cn2)C1. The molecule has 1 fully saturated rings. The van der Waals surface area contributed by atoms with E-state index in [-0.39, 0.29) is 0 Å². The highest BCUT2D eigenvalue weighted by Crippen LogP contribution is 2.15. The number of likely N-dealkylation sites (N-methyl/N-ethyl adjacent to an activating group) is 2. The third kappa shape index (κ3) is 3.63. The van der Waals surface area contributed by atoms with Gasteiger partial charge in [0.25, 0.3) is 0 Å². The van der Waals surface area contributed by atoms with Gasteiger partial charge in [0.15, 0.2) is 0 Å². The van der Waals surface area contributed by atoms with Crippen molar-refractivity contribution in [2.45, 2.75) is 25.4 Å². The van der Waals surface area contributed by atoms with Crippen LogP contribution in [0.5, 0.6) is 0 Å². The summed E-state index contributed by atoms with van der Waals surface area (Å²) in [6, 6.07) is 0.617. The highest BCUT2D eigenvalue weighted by Gasteiger charge is 2.21. The molecule has 0 saturated carbocycles. The standard InChI is InChI=1S/C12H19ClN4/c1-16-5-3-4-11(9-16)17(2)8-10-6-15-12(13)7-14-10/h6-7,11H,3-5,8-9H2,1-2H3. The van der Waals surface area contributed by atoms with Crippen molar-refractivity contribution >= 4 is 11.6 Å². The first-order valence-electron chi connectivity index (χ1n) is 6.00. The molecule has 5 heteroatoms. The zero-order valence-electron chi connectivity index (χ0n) is 10.4. The van der Waals surface area contributed by atoms with Crippen LogP contribution in [0.15, 0.2) is 12.4 Å². The molecule has 0 bridgehead atoms. The lowest BCUT2D eigenvalue weighted by Gasteiger charge is -2.35. The van der Waals surface area contributed by atoms with Gasteiger partial charge in [-0.25, -0.2) is 4.98 Å². The van der Waals surface area contributed by atoms with Gasteiger partial charge in [0.2, 0.25) is 0 Å². The van der Waals surface area contributed by atoms with Gasteiger partial charge < -0.3 is 4.90 Å². The first kappa shape index (κ1) is 12.7. The Morgan fingerprint density at radius 2 is 2.29 bits per heavy atom. The van der Waals surface area contributed by atoms with E-state index in [1.165, 1.54) is 19.4 Å². The van der Waals surface area contributed by atoms with Gasteiger partial charge >= 0.3 is 0 Å². The molecule has 94 valence electrons. The predicted molar refractivity (Wildman–Crippen MR) is 69.0 cm³/mol. The highest BCUT2D eigenvalue weighted by atomic mass is 35.5. The first-order chi connectivity index (χ1) is 8.15. The van der Waals surface area contributed by atoms with Crippen LogP contribution in [0.25, 0.3) is 0 Å². The average Bonchev–Trinajstić information content (AvgIpc) is 2.32. The van der Waals surface area contributed by atoms with E-state index in [0.29, 0.717) is 11.2 Å². The summed E-state index contributed by atoms with van der Waals surface area (Å²) in [6.07, 6.45) is 5.91. The normalized spacial score (nSPS) is 22.0. The third-order valence-electron chi connectivity index (χ3n) is 3.31. The second-order valence-electron chi connectivity index (χ2n) is 4.80. The van der Waals surface area contributed by atoms with Gasteiger partial charge in [-0.3, -0.25) is 9.88 Å². The molecule has 1 saturated heterocycles. The summed E-state index contributed by atoms with van der Waals surface area (Å²) in [6.45, 7) is 3.19. The fourth-order valence-corrected chi connectivity index (χ4v) is 2.40. The molecular formula is C12H19ClN4. The quantitative estimate of drug-likeness (QED) is 0.821. The van der Waals surface area contributed by atoms with Crippen LogP contribution in [0.4, 0.5) is 0 Å². The van der Waals surface area contributed by atoms with E-state index in [2.05, 4.69) is 33.9 Å². The van der Waals surface area contributed by atoms with Crippen molar-refractivity contribution in [3.63, 3.8) is 0 Å². The Kier molecular flexibility index (Phi) is 4.31. The van der Waals surface area contributed by atoms with Gasteiger partial charge in [-0.2, -0.15) is 0 Å². The minimum atomic E-state index is 0.453. The molecular weight excluding hydrogens is 236 g/mol. The highest BCUT2D eigenvalue weighted by molar-refractivity contribution is 6.29. The molecule has 0 radical (unpaired) electrons. The van der Waals surface area contributed by atoms with Crippen LogP contribution in [-0.4, -0.2) is 53.0 Å². The Balaban J connectivity index is 1.91. The van der Waals surface area contributed by atoms with E-state index < -0.39 is 0 Å². The maximum absolute atomic E-state index is 5.72. The van der Waals surface area contributed by atoms with E-state index in [1.807, 2.05) is 0 Å². The van der Waals surface area contributed by atoms with Crippen LogP contribution in [0.2, 0.25) is 5.15 Å². The molecule has 0 amide bonds. The number of piperidine rings is 1. The number of likely N-dealkylation sites (tertiary alicyclic amines) is 1. The van der Waals surface area contributed by atoms with Crippen LogP contribution in [0.1, 0.15) is 18.5 Å². The molecule has 1 unspecified atom stereocenters. The van der Waals surface area contributed by atoms with Crippen molar-refractivity contribution < 1.29 is 0 Å². The van der Waals surface area contributed by atoms with E-state index in [0.717, 1.165) is 18.8 Å². The summed E-state index contributed by atoms with van der Waals surface area (Å²) in [4.78, 5) is 13.1. The Hall–Kier alpha value is -0.710. The number of hydrogen-bond acceptors (Lipinski definition) is 4. The lowest BCUT2D eigenvalue weighted by atomic mass is 10.1. The molecule has 2 rings (SSSR count). The predicted octanol–water partition coefficient (Wildman–Crippen LogP) is 1.66. The summed E-state index contributed by atoms with van der Waals surface area (Å²) in [5.74, 6) is 0. The van der Waals surface area contributed by atoms with E-state index in [4.69, 9.17) is 11.6 Å². The zero-order chi connectivity index (χ0) is 12.3. The summed E-state index contributed by atoms with van der Waals surface area (Å²) >= 11 is 5.72. The number of nitrogens with zero attached hydrogens (tertiary/aromatic N) is 4. The van der Waals surface area contributed by atoms with Crippen LogP contribution in [0, 0.1) is 0 Å². The lowest BCUT2D eigenvalue weighted by molar-refractivity contribution is 0.128. The number of rotatable bonds is 3. The van der Waals surface area contributed by atoms with Crippen LogP contribution < -0.4 is 0 Å². The largest absolute Gasteiger partial charge is 0.305 e. The number of hydrogen-bond donors (Lipinski definition) is 0. The summed E-state index contributed by atoms with van der Waals surface area (Å²) < 4.78 is 0. The van der Waals surface area contributed by atoms with Crippen molar-refractivity contribution in [3.8, 4) is 0 Å². The summed E-state index contributed by atoms with van der Waals surface area (Å²) in [5.41, 5.74) is 0.977. The van der Waals surface area contributed by atoms with Crippen molar-refractivity contribution in [1.29, 1.82) is 0 Å². The van der Waals surface area contributed by atoms with Crippen molar-refractivity contribution in [2.75, 3.05) is 27.2 Å². The molecule has 1 aliphatic rings. The van der Waals surface area contributed by atoms with Gasteiger partial charge in [0.05, 0.1) is 18.1 Å². The van der Waals surface area contributed by atoms with Gasteiger partial charge in [-0.05, 0) is 33.5 Å². The maximum atomic E-state index is 5.72. The van der Waals surface area contributed by atoms with Crippen molar-refractivity contribution in [3.05, 3.63) is 23.2 Å². The topological polar surface area (TPSA) is 32.3 Å². The minimum absolute atomic E-state index is 0.453. The molecule has 1 atom stereocenters. The molecule has 0 aliphatic carbocycles. The monoisotopic (exact) mass is 254 g/mol. The van der Waals surface area contributed by atoms with Crippen molar-refractivity contribution in [1.82, 2.24) is 19.8 Å². The third-order valence-corrected chi connectivity index (χ3v) is 3.50. The van der Waals surface area contributed by atoms with Gasteiger partial charge in [-0.1, -0.05) is 11.6 Å². The average molecular weight is 255 g/mol. The van der Waals surface area contributed by atoms with Gasteiger partial charge in [0.1, 0.15) is 5.15 Å². The minimum Gasteiger partial charge on any atom is -0.305 e. The van der Waals surface area contributed by atoms with Crippen molar-refractivity contribution in [2.24, 2.45) is 0 Å². The van der Waals surface area contributed by atoms with Gasteiger partial charge in [-0.15, -0.1) is 0 Å². The first-order valence-corrected chi connectivity index (χ1v) is 6.38. The molecule has 1 aromatic heterocycles. The second-order valence-corrected chi connectivity index (χ2v) is 5.19. The maximum Gasteiger partial charge on any atom is 0.147 e. The molecule has 4 nitrogen and oxygen atoms in total. The number of halogens is 1. The second kappa shape index (κ2) is 5.76. The fourth-order valence-electron chi connectivity index (χ4n) is 2.30. The van der Waals surface area contributed by atoms with E-state index in [9.17, 15) is 0 Å². The molecule has 0 N–H and O–H groups in total. The van der Waals surface area contributed by atoms with Crippen LogP contribution in [-0.2, 0) is 6.54 Å². The number of aromatic nitrogens is 2. The Morgan fingerprint density at radius 3 is 2.94 bits per heavy atom. The molecule has 0 aromatic carbocycles. The Labute approximate surface area is 108 Å². The summed E-state index contributed by atoms with van der Waals surface area (Å²) in [7, 11) is 4.34. The summed E-state index contributed by atoms with van der Waals surface area (Å²) in [5, 5.41) is 0.453. The zero-order valence-corrected chi connectivity index (χ0v) is 11.2. The van der Waals surface area contributed by atoms with Gasteiger partial charge in [0, 0.05) is 19.1 Å². The molecule has 2 heterocycles. The van der Waals surface area contributed by atoms with E-state index >= 15 is 0 Å². The van der Waals surface area contributed by atoms with Crippen LogP contribution in [0.3, 0.4) is 0 Å². The molecule has 1 aromatic rings.